The van der Waals surface area contributed by atoms with Crippen LogP contribution in [0.2, 0.25) is 5.02 Å². The second kappa shape index (κ2) is 13.5. The lowest BCUT2D eigenvalue weighted by atomic mass is 9.88. The molecule has 0 aliphatic carbocycles. The molecule has 6 rings (SSSR count). The van der Waals surface area contributed by atoms with Crippen molar-refractivity contribution in [3.8, 4) is 0 Å². The Morgan fingerprint density at radius 1 is 1.00 bits per heavy atom. The highest BCUT2D eigenvalue weighted by Crippen LogP contribution is 2.35. The number of ketones is 1. The predicted octanol–water partition coefficient (Wildman–Crippen LogP) is 6.02. The molecule has 234 valence electrons. The quantitative estimate of drug-likeness (QED) is 0.209. The summed E-state index contributed by atoms with van der Waals surface area (Å²) >= 11 is 6.38. The summed E-state index contributed by atoms with van der Waals surface area (Å²) < 4.78 is 0. The summed E-state index contributed by atoms with van der Waals surface area (Å²) in [6, 6.07) is 21.9. The van der Waals surface area contributed by atoms with Gasteiger partial charge in [-0.05, 0) is 74.2 Å². The number of nitrogens with zero attached hydrogens (tertiary/aromatic N) is 2. The van der Waals surface area contributed by atoms with Crippen molar-refractivity contribution >= 4 is 45.9 Å². The Labute approximate surface area is 269 Å². The number of Topliss-reactive ketones (excluding diaryl/α,β-unsaturated/α-hetero) is 1. The number of fused-ring (bicyclic) bond motifs is 2. The van der Waals surface area contributed by atoms with Crippen molar-refractivity contribution in [3.05, 3.63) is 101 Å². The van der Waals surface area contributed by atoms with Crippen LogP contribution in [-0.2, 0) is 11.2 Å². The first-order chi connectivity index (χ1) is 21.8. The number of carbonyl (C=O) groups is 3. The van der Waals surface area contributed by atoms with Crippen LogP contribution >= 0.6 is 11.6 Å². The van der Waals surface area contributed by atoms with E-state index in [9.17, 15) is 14.4 Å². The van der Waals surface area contributed by atoms with Gasteiger partial charge >= 0.3 is 6.03 Å². The number of amides is 3. The Bertz CT molecular complexity index is 1680. The number of benzene rings is 3. The lowest BCUT2D eigenvalue weighted by Crippen LogP contribution is -2.57. The van der Waals surface area contributed by atoms with Gasteiger partial charge in [-0.2, -0.15) is 0 Å². The summed E-state index contributed by atoms with van der Waals surface area (Å²) in [6.07, 6.45) is 3.93. The molecule has 3 heterocycles. The maximum absolute atomic E-state index is 14.7. The van der Waals surface area contributed by atoms with E-state index in [1.54, 1.807) is 4.90 Å². The minimum Gasteiger partial charge on any atom is -0.361 e. The smallest absolute Gasteiger partial charge is 0.318 e. The number of hydrogen-bond acceptors (Lipinski definition) is 4. The molecule has 0 radical (unpaired) electrons. The molecule has 1 saturated heterocycles. The summed E-state index contributed by atoms with van der Waals surface area (Å²) in [6.45, 7) is 4.19. The molecule has 0 saturated carbocycles. The van der Waals surface area contributed by atoms with Crippen LogP contribution in [0.4, 0.5) is 10.5 Å². The number of likely N-dealkylation sites (tertiary alicyclic amines) is 1. The SMILES string of the molecule is CNC[C@H]1Cc2cc(Cl)ccc2N(C(=O)C(NC(=O)N2CCC(C(=O)c3ccccc3)CC2)C(C)c2c[nH]c3ccccc23)C1. The summed E-state index contributed by atoms with van der Waals surface area (Å²) in [5, 5.41) is 8.08. The molecule has 1 aromatic heterocycles. The van der Waals surface area contributed by atoms with Gasteiger partial charge in [0.1, 0.15) is 6.04 Å². The van der Waals surface area contributed by atoms with Gasteiger partial charge in [-0.1, -0.05) is 67.1 Å². The number of aromatic amines is 1. The highest BCUT2D eigenvalue weighted by atomic mass is 35.5. The molecule has 3 amide bonds. The first kappa shape index (κ1) is 30.9. The molecular weight excluding hydrogens is 586 g/mol. The summed E-state index contributed by atoms with van der Waals surface area (Å²) in [7, 11) is 1.92. The van der Waals surface area contributed by atoms with Crippen LogP contribution in [0.15, 0.2) is 79.0 Å². The number of anilines is 1. The lowest BCUT2D eigenvalue weighted by Gasteiger charge is -2.39. The number of piperidine rings is 1. The third kappa shape index (κ3) is 6.49. The number of hydrogen-bond donors (Lipinski definition) is 3. The minimum absolute atomic E-state index is 0.122. The molecule has 3 aromatic carbocycles. The average molecular weight is 626 g/mol. The van der Waals surface area contributed by atoms with Gasteiger partial charge in [0.15, 0.2) is 5.78 Å². The molecule has 3 atom stereocenters. The summed E-state index contributed by atoms with van der Waals surface area (Å²) in [5.41, 5.74) is 4.52. The van der Waals surface area contributed by atoms with Crippen LogP contribution in [0, 0.1) is 11.8 Å². The molecular formula is C36H40ClN5O3. The number of H-pyrrole nitrogens is 1. The maximum Gasteiger partial charge on any atom is 0.318 e. The van der Waals surface area contributed by atoms with Gasteiger partial charge in [0, 0.05) is 64.8 Å². The van der Waals surface area contributed by atoms with E-state index in [0.29, 0.717) is 43.1 Å². The van der Waals surface area contributed by atoms with Gasteiger partial charge in [0.05, 0.1) is 0 Å². The topological polar surface area (TPSA) is 97.5 Å². The number of halogens is 1. The van der Waals surface area contributed by atoms with Gasteiger partial charge in [-0.25, -0.2) is 4.79 Å². The van der Waals surface area contributed by atoms with Crippen LogP contribution in [0.5, 0.6) is 0 Å². The van der Waals surface area contributed by atoms with Crippen LogP contribution in [0.1, 0.15) is 47.2 Å². The van der Waals surface area contributed by atoms with E-state index >= 15 is 0 Å². The zero-order chi connectivity index (χ0) is 31.5. The second-order valence-corrected chi connectivity index (χ2v) is 12.8. The standard InChI is InChI=1S/C36H40ClN5O3/c1-23(30-21-39-31-11-7-6-10-29(30)31)33(35(44)42-22-24(20-38-2)18-27-19-28(37)12-13-32(27)42)40-36(45)41-16-14-26(15-17-41)34(43)25-8-4-3-5-9-25/h3-13,19,21,23-24,26,33,38-39H,14-18,20,22H2,1-2H3,(H,40,45)/t23?,24-,33?/m1/s1. The average Bonchev–Trinajstić information content (AvgIpc) is 3.50. The molecule has 2 aliphatic heterocycles. The molecule has 0 spiro atoms. The first-order valence-electron chi connectivity index (χ1n) is 15.8. The van der Waals surface area contributed by atoms with Crippen molar-refractivity contribution in [2.75, 3.05) is 38.1 Å². The number of para-hydroxylation sites is 1. The van der Waals surface area contributed by atoms with E-state index < -0.39 is 6.04 Å². The third-order valence-electron chi connectivity index (χ3n) is 9.41. The van der Waals surface area contributed by atoms with E-state index in [2.05, 4.69) is 15.6 Å². The van der Waals surface area contributed by atoms with Gasteiger partial charge in [0.25, 0.3) is 0 Å². The zero-order valence-electron chi connectivity index (χ0n) is 25.8. The predicted molar refractivity (Wildman–Crippen MR) is 179 cm³/mol. The van der Waals surface area contributed by atoms with Crippen molar-refractivity contribution in [3.63, 3.8) is 0 Å². The largest absolute Gasteiger partial charge is 0.361 e. The van der Waals surface area contributed by atoms with E-state index in [1.807, 2.05) is 97.9 Å². The van der Waals surface area contributed by atoms with Crippen LogP contribution in [0.3, 0.4) is 0 Å². The Morgan fingerprint density at radius 2 is 1.73 bits per heavy atom. The molecule has 3 N–H and O–H groups in total. The monoisotopic (exact) mass is 625 g/mol. The van der Waals surface area contributed by atoms with Gasteiger partial charge in [-0.15, -0.1) is 0 Å². The highest BCUT2D eigenvalue weighted by molar-refractivity contribution is 6.30. The van der Waals surface area contributed by atoms with Gasteiger partial charge in [0.2, 0.25) is 5.91 Å². The van der Waals surface area contributed by atoms with Crippen molar-refractivity contribution in [1.82, 2.24) is 20.5 Å². The van der Waals surface area contributed by atoms with E-state index in [-0.39, 0.29) is 35.5 Å². The Kier molecular flexibility index (Phi) is 9.24. The van der Waals surface area contributed by atoms with E-state index in [1.165, 1.54) is 0 Å². The number of urea groups is 1. The van der Waals surface area contributed by atoms with Crippen molar-refractivity contribution in [1.29, 1.82) is 0 Å². The van der Waals surface area contributed by atoms with Crippen LogP contribution in [0.25, 0.3) is 10.9 Å². The highest BCUT2D eigenvalue weighted by Gasteiger charge is 2.38. The summed E-state index contributed by atoms with van der Waals surface area (Å²) in [4.78, 5) is 48.5. The fourth-order valence-corrected chi connectivity index (χ4v) is 7.17. The zero-order valence-corrected chi connectivity index (χ0v) is 26.5. The van der Waals surface area contributed by atoms with Crippen molar-refractivity contribution in [2.24, 2.45) is 11.8 Å². The summed E-state index contributed by atoms with van der Waals surface area (Å²) in [5.74, 6) is -0.280. The molecule has 8 nitrogen and oxygen atoms in total. The Balaban J connectivity index is 1.26. The fraction of sp³-hybridized carbons (Fsp3) is 0.361. The number of aromatic nitrogens is 1. The van der Waals surface area contributed by atoms with Crippen molar-refractivity contribution in [2.45, 2.75) is 38.1 Å². The fourth-order valence-electron chi connectivity index (χ4n) is 6.97. The molecule has 45 heavy (non-hydrogen) atoms. The number of carbonyl (C=O) groups excluding carboxylic acids is 3. The lowest BCUT2D eigenvalue weighted by molar-refractivity contribution is -0.121. The molecule has 1 fully saturated rings. The number of rotatable bonds is 8. The molecule has 9 heteroatoms. The molecule has 2 aliphatic rings. The number of nitrogens with one attached hydrogen (secondary N) is 3. The Morgan fingerprint density at radius 3 is 2.49 bits per heavy atom. The Hall–Kier alpha value is -4.14. The normalized spacial score (nSPS) is 18.3. The van der Waals surface area contributed by atoms with Crippen LogP contribution in [-0.4, -0.2) is 66.9 Å². The van der Waals surface area contributed by atoms with Gasteiger partial charge in [-0.3, -0.25) is 9.59 Å². The first-order valence-corrected chi connectivity index (χ1v) is 16.2. The van der Waals surface area contributed by atoms with E-state index in [4.69, 9.17) is 11.6 Å². The maximum atomic E-state index is 14.7. The molecule has 4 aromatic rings. The van der Waals surface area contributed by atoms with Gasteiger partial charge < -0.3 is 25.4 Å². The molecule has 0 bridgehead atoms. The second-order valence-electron chi connectivity index (χ2n) is 12.3. The van der Waals surface area contributed by atoms with Crippen molar-refractivity contribution < 1.29 is 14.4 Å². The van der Waals surface area contributed by atoms with E-state index in [0.717, 1.165) is 40.7 Å². The minimum atomic E-state index is -0.822. The third-order valence-corrected chi connectivity index (χ3v) is 9.64. The van der Waals surface area contributed by atoms with Crippen LogP contribution < -0.4 is 15.5 Å². The molecule has 2 unspecified atom stereocenters.